The highest BCUT2D eigenvalue weighted by Gasteiger charge is 2.26. The molecule has 2 nitrogen and oxygen atoms in total. The summed E-state index contributed by atoms with van der Waals surface area (Å²) in [4.78, 5) is 0. The van der Waals surface area contributed by atoms with Crippen molar-refractivity contribution in [1.29, 1.82) is 0 Å². The lowest BCUT2D eigenvalue weighted by Gasteiger charge is -2.29. The molecule has 1 aromatic carbocycles. The largest absolute Gasteiger partial charge is 0.314 e. The predicted molar refractivity (Wildman–Crippen MR) is 87.6 cm³/mol. The third kappa shape index (κ3) is 4.57. The Hall–Kier alpha value is -0.380. The van der Waals surface area contributed by atoms with Crippen LogP contribution in [0.25, 0.3) is 0 Å². The van der Waals surface area contributed by atoms with E-state index in [9.17, 15) is 4.21 Å². The molecule has 1 aliphatic carbocycles. The third-order valence-electron chi connectivity index (χ3n) is 3.94. The van der Waals surface area contributed by atoms with E-state index in [1.165, 1.54) is 12.8 Å². The first-order chi connectivity index (χ1) is 9.70. The van der Waals surface area contributed by atoms with Crippen molar-refractivity contribution in [3.63, 3.8) is 0 Å². The van der Waals surface area contributed by atoms with Crippen LogP contribution in [0.2, 0.25) is 5.02 Å². The summed E-state index contributed by atoms with van der Waals surface area (Å²) < 4.78 is 12.6. The molecule has 0 amide bonds. The normalized spacial score (nSPS) is 24.5. The molecule has 0 spiro atoms. The highest BCUT2D eigenvalue weighted by Crippen LogP contribution is 2.26. The first-order valence-electron chi connectivity index (χ1n) is 7.54. The number of hydrogen-bond acceptors (Lipinski definition) is 2. The van der Waals surface area contributed by atoms with E-state index in [2.05, 4.69) is 12.2 Å². The van der Waals surface area contributed by atoms with Crippen LogP contribution in [-0.4, -0.2) is 22.0 Å². The fraction of sp³-hybridized carbons (Fsp3) is 0.625. The van der Waals surface area contributed by atoms with Gasteiger partial charge in [-0.2, -0.15) is 0 Å². The van der Waals surface area contributed by atoms with E-state index in [1.807, 2.05) is 24.3 Å². The topological polar surface area (TPSA) is 29.1 Å². The Balaban J connectivity index is 1.90. The van der Waals surface area contributed by atoms with Crippen LogP contribution in [0.15, 0.2) is 24.3 Å². The van der Waals surface area contributed by atoms with Crippen molar-refractivity contribution >= 4 is 22.4 Å². The standard InChI is InChI=1S/C16H24ClNOS/c1-2-10-18-14-7-5-8-15(11-14)20(19)12-13-6-3-4-9-16(13)17/h3-4,6,9,14-15,18H,2,5,7-8,10-12H2,1H3. The minimum absolute atomic E-state index is 0.314. The van der Waals surface area contributed by atoms with E-state index in [0.29, 0.717) is 17.0 Å². The van der Waals surface area contributed by atoms with Crippen molar-refractivity contribution in [2.24, 2.45) is 0 Å². The van der Waals surface area contributed by atoms with Crippen LogP contribution in [-0.2, 0) is 16.6 Å². The van der Waals surface area contributed by atoms with Gasteiger partial charge in [0.1, 0.15) is 0 Å². The summed E-state index contributed by atoms with van der Waals surface area (Å²) in [6.45, 7) is 3.25. The maximum absolute atomic E-state index is 12.6. The molecule has 1 fully saturated rings. The average molecular weight is 314 g/mol. The Morgan fingerprint density at radius 1 is 1.35 bits per heavy atom. The second-order valence-electron chi connectivity index (χ2n) is 5.56. The Kier molecular flexibility index (Phi) is 6.53. The van der Waals surface area contributed by atoms with Crippen LogP contribution < -0.4 is 5.32 Å². The third-order valence-corrected chi connectivity index (χ3v) is 6.07. The summed E-state index contributed by atoms with van der Waals surface area (Å²) in [5.41, 5.74) is 1.01. The zero-order chi connectivity index (χ0) is 14.4. The molecule has 1 N–H and O–H groups in total. The minimum Gasteiger partial charge on any atom is -0.314 e. The Labute approximate surface area is 129 Å². The summed E-state index contributed by atoms with van der Waals surface area (Å²) in [6.07, 6.45) is 5.68. The second kappa shape index (κ2) is 8.16. The number of benzene rings is 1. The molecule has 0 bridgehead atoms. The smallest absolute Gasteiger partial charge is 0.0503 e. The molecule has 4 heteroatoms. The summed E-state index contributed by atoms with van der Waals surface area (Å²) >= 11 is 6.16. The van der Waals surface area contributed by atoms with Gasteiger partial charge in [0.05, 0.1) is 5.75 Å². The van der Waals surface area contributed by atoms with E-state index >= 15 is 0 Å². The Bertz CT molecular complexity index is 452. The summed E-state index contributed by atoms with van der Waals surface area (Å²) in [6, 6.07) is 8.28. The van der Waals surface area contributed by atoms with Crippen molar-refractivity contribution in [2.45, 2.75) is 56.1 Å². The first kappa shape index (κ1) is 16.0. The monoisotopic (exact) mass is 313 g/mol. The minimum atomic E-state index is -0.818. The lowest BCUT2D eigenvalue weighted by atomic mass is 9.95. The van der Waals surface area contributed by atoms with Crippen LogP contribution in [0.1, 0.15) is 44.6 Å². The molecule has 2 rings (SSSR count). The van der Waals surface area contributed by atoms with Gasteiger partial charge in [-0.3, -0.25) is 4.21 Å². The molecule has 1 aliphatic rings. The van der Waals surface area contributed by atoms with Crippen LogP contribution in [0, 0.1) is 0 Å². The van der Waals surface area contributed by atoms with Crippen molar-refractivity contribution in [2.75, 3.05) is 6.54 Å². The van der Waals surface area contributed by atoms with Gasteiger partial charge in [-0.05, 0) is 43.9 Å². The second-order valence-corrected chi connectivity index (χ2v) is 7.68. The molecule has 3 unspecified atom stereocenters. The summed E-state index contributed by atoms with van der Waals surface area (Å²) in [5.74, 6) is 0.588. The van der Waals surface area contributed by atoms with Crippen molar-refractivity contribution in [1.82, 2.24) is 5.32 Å². The van der Waals surface area contributed by atoms with Gasteiger partial charge in [-0.1, -0.05) is 43.1 Å². The molecular formula is C16H24ClNOS. The van der Waals surface area contributed by atoms with Crippen LogP contribution in [0.3, 0.4) is 0 Å². The van der Waals surface area contributed by atoms with Gasteiger partial charge in [0, 0.05) is 27.1 Å². The molecular weight excluding hydrogens is 290 g/mol. The Morgan fingerprint density at radius 3 is 2.90 bits per heavy atom. The van der Waals surface area contributed by atoms with E-state index in [-0.39, 0.29) is 0 Å². The highest BCUT2D eigenvalue weighted by atomic mass is 35.5. The fourth-order valence-electron chi connectivity index (χ4n) is 2.80. The molecule has 1 aromatic rings. The molecule has 1 saturated carbocycles. The van der Waals surface area contributed by atoms with E-state index in [4.69, 9.17) is 11.6 Å². The maximum atomic E-state index is 12.6. The van der Waals surface area contributed by atoms with Crippen LogP contribution >= 0.6 is 11.6 Å². The number of rotatable bonds is 6. The van der Waals surface area contributed by atoms with Gasteiger partial charge in [0.15, 0.2) is 0 Å². The highest BCUT2D eigenvalue weighted by molar-refractivity contribution is 7.84. The van der Waals surface area contributed by atoms with E-state index in [1.54, 1.807) is 0 Å². The average Bonchev–Trinajstić information content (AvgIpc) is 2.48. The van der Waals surface area contributed by atoms with Gasteiger partial charge in [-0.25, -0.2) is 0 Å². The summed E-state index contributed by atoms with van der Waals surface area (Å²) in [7, 11) is -0.818. The molecule has 0 radical (unpaired) electrons. The quantitative estimate of drug-likeness (QED) is 0.863. The van der Waals surface area contributed by atoms with E-state index in [0.717, 1.165) is 36.4 Å². The molecule has 0 saturated heterocycles. The number of halogens is 1. The van der Waals surface area contributed by atoms with E-state index < -0.39 is 10.8 Å². The molecule has 3 atom stereocenters. The van der Waals surface area contributed by atoms with Crippen LogP contribution in [0.5, 0.6) is 0 Å². The zero-order valence-electron chi connectivity index (χ0n) is 12.1. The molecule has 20 heavy (non-hydrogen) atoms. The zero-order valence-corrected chi connectivity index (χ0v) is 13.7. The number of hydrogen-bond donors (Lipinski definition) is 1. The summed E-state index contributed by atoms with van der Waals surface area (Å²) in [5, 5.41) is 4.62. The van der Waals surface area contributed by atoms with Gasteiger partial charge in [0.2, 0.25) is 0 Å². The van der Waals surface area contributed by atoms with Crippen molar-refractivity contribution in [3.05, 3.63) is 34.9 Å². The van der Waals surface area contributed by atoms with Crippen molar-refractivity contribution < 1.29 is 4.21 Å². The molecule has 0 aliphatic heterocycles. The number of nitrogens with one attached hydrogen (secondary N) is 1. The fourth-order valence-corrected chi connectivity index (χ4v) is 4.76. The molecule has 112 valence electrons. The lowest BCUT2D eigenvalue weighted by molar-refractivity contribution is 0.377. The van der Waals surface area contributed by atoms with Gasteiger partial charge in [-0.15, -0.1) is 0 Å². The molecule has 0 aromatic heterocycles. The lowest BCUT2D eigenvalue weighted by Crippen LogP contribution is -2.38. The van der Waals surface area contributed by atoms with Gasteiger partial charge >= 0.3 is 0 Å². The van der Waals surface area contributed by atoms with Gasteiger partial charge in [0.25, 0.3) is 0 Å². The predicted octanol–water partition coefficient (Wildman–Crippen LogP) is 3.90. The SMILES string of the molecule is CCCNC1CCCC(S(=O)Cc2ccccc2Cl)C1. The Morgan fingerprint density at radius 2 is 2.15 bits per heavy atom. The van der Waals surface area contributed by atoms with Crippen LogP contribution in [0.4, 0.5) is 0 Å². The molecule has 0 heterocycles. The van der Waals surface area contributed by atoms with Crippen molar-refractivity contribution in [3.8, 4) is 0 Å². The maximum Gasteiger partial charge on any atom is 0.0503 e. The van der Waals surface area contributed by atoms with Gasteiger partial charge < -0.3 is 5.32 Å². The first-order valence-corrected chi connectivity index (χ1v) is 9.30.